The molecular weight excluding hydrogens is 291 g/mol. The number of nitrogens with one attached hydrogen (secondary N) is 1. The van der Waals surface area contributed by atoms with Gasteiger partial charge in [-0.15, -0.1) is 0 Å². The molecule has 0 heterocycles. The Morgan fingerprint density at radius 1 is 1.24 bits per heavy atom. The Kier molecular flexibility index (Phi) is 4.36. The first-order valence-corrected chi connectivity index (χ1v) is 7.65. The van der Waals surface area contributed by atoms with Crippen LogP contribution in [0.15, 0.2) is 47.4 Å². The van der Waals surface area contributed by atoms with Crippen molar-refractivity contribution in [1.82, 2.24) is 4.72 Å². The molecule has 0 bridgehead atoms. The Bertz CT molecular complexity index is 811. The first-order chi connectivity index (χ1) is 9.92. The van der Waals surface area contributed by atoms with Gasteiger partial charge in [0.2, 0.25) is 10.0 Å². The van der Waals surface area contributed by atoms with E-state index in [1.807, 2.05) is 6.07 Å². The molecule has 0 unspecified atom stereocenters. The first-order valence-electron chi connectivity index (χ1n) is 6.17. The average molecular weight is 304 g/mol. The van der Waals surface area contributed by atoms with Crippen LogP contribution in [0.25, 0.3) is 0 Å². The smallest absolute Gasteiger partial charge is 0.207 e. The van der Waals surface area contributed by atoms with Crippen LogP contribution in [0.4, 0.5) is 4.39 Å². The van der Waals surface area contributed by atoms with E-state index < -0.39 is 15.8 Å². The van der Waals surface area contributed by atoms with E-state index in [0.717, 1.165) is 11.6 Å². The quantitative estimate of drug-likeness (QED) is 0.943. The molecule has 0 aromatic heterocycles. The topological polar surface area (TPSA) is 70.0 Å². The summed E-state index contributed by atoms with van der Waals surface area (Å²) in [5.41, 5.74) is 1.20. The van der Waals surface area contributed by atoms with Crippen molar-refractivity contribution in [2.45, 2.75) is 18.4 Å². The highest BCUT2D eigenvalue weighted by atomic mass is 32.2. The van der Waals surface area contributed by atoms with Gasteiger partial charge < -0.3 is 0 Å². The summed E-state index contributed by atoms with van der Waals surface area (Å²) in [7, 11) is -3.70. The van der Waals surface area contributed by atoms with Crippen molar-refractivity contribution in [3.8, 4) is 6.07 Å². The number of hydrogen-bond donors (Lipinski definition) is 1. The third-order valence-electron chi connectivity index (χ3n) is 2.93. The summed E-state index contributed by atoms with van der Waals surface area (Å²) in [5.74, 6) is -0.610. The largest absolute Gasteiger partial charge is 0.240 e. The van der Waals surface area contributed by atoms with E-state index >= 15 is 0 Å². The fourth-order valence-corrected chi connectivity index (χ4v) is 2.91. The Hall–Kier alpha value is -2.23. The number of nitrogens with zero attached hydrogens (tertiary/aromatic N) is 1. The lowest BCUT2D eigenvalue weighted by molar-refractivity contribution is 0.574. The number of aryl methyl sites for hydroxylation is 1. The van der Waals surface area contributed by atoms with Gasteiger partial charge in [-0.1, -0.05) is 18.2 Å². The van der Waals surface area contributed by atoms with Gasteiger partial charge in [0.15, 0.2) is 0 Å². The summed E-state index contributed by atoms with van der Waals surface area (Å²) in [4.78, 5) is 0.136. The van der Waals surface area contributed by atoms with Crippen LogP contribution in [0, 0.1) is 24.1 Å². The fraction of sp³-hybridized carbons (Fsp3) is 0.133. The van der Waals surface area contributed by atoms with Gasteiger partial charge in [-0.3, -0.25) is 0 Å². The molecule has 0 fully saturated rings. The number of benzene rings is 2. The van der Waals surface area contributed by atoms with Crippen LogP contribution >= 0.6 is 0 Å². The number of rotatable bonds is 4. The van der Waals surface area contributed by atoms with Gasteiger partial charge in [0.25, 0.3) is 0 Å². The fourth-order valence-electron chi connectivity index (χ4n) is 1.80. The summed E-state index contributed by atoms with van der Waals surface area (Å²) in [6, 6.07) is 12.2. The third-order valence-corrected chi connectivity index (χ3v) is 4.33. The lowest BCUT2D eigenvalue weighted by Crippen LogP contribution is -2.23. The van der Waals surface area contributed by atoms with E-state index in [2.05, 4.69) is 4.72 Å². The van der Waals surface area contributed by atoms with Gasteiger partial charge in [0.05, 0.1) is 16.5 Å². The van der Waals surface area contributed by atoms with Gasteiger partial charge in [0.1, 0.15) is 5.82 Å². The molecule has 1 N–H and O–H groups in total. The van der Waals surface area contributed by atoms with Crippen LogP contribution in [0.5, 0.6) is 0 Å². The Balaban J connectivity index is 2.18. The molecule has 0 spiro atoms. The SMILES string of the molecule is Cc1cccc(S(=O)(=O)NCc2ccc(C#N)cc2F)c1. The molecule has 0 aliphatic rings. The van der Waals surface area contributed by atoms with E-state index in [0.29, 0.717) is 0 Å². The lowest BCUT2D eigenvalue weighted by atomic mass is 10.1. The monoisotopic (exact) mass is 304 g/mol. The van der Waals surface area contributed by atoms with Crippen molar-refractivity contribution in [3.63, 3.8) is 0 Å². The molecule has 0 aliphatic heterocycles. The highest BCUT2D eigenvalue weighted by Gasteiger charge is 2.14. The average Bonchev–Trinajstić information content (AvgIpc) is 2.46. The van der Waals surface area contributed by atoms with E-state index in [1.54, 1.807) is 19.1 Å². The molecule has 0 amide bonds. The minimum Gasteiger partial charge on any atom is -0.207 e. The second-order valence-electron chi connectivity index (χ2n) is 4.56. The molecule has 2 rings (SSSR count). The van der Waals surface area contributed by atoms with E-state index in [9.17, 15) is 12.8 Å². The molecule has 21 heavy (non-hydrogen) atoms. The van der Waals surface area contributed by atoms with Crippen LogP contribution < -0.4 is 4.72 Å². The summed E-state index contributed by atoms with van der Waals surface area (Å²) in [6.45, 7) is 1.62. The molecule has 108 valence electrons. The van der Waals surface area contributed by atoms with Crippen molar-refractivity contribution in [1.29, 1.82) is 5.26 Å². The zero-order valence-electron chi connectivity index (χ0n) is 11.3. The number of halogens is 1. The lowest BCUT2D eigenvalue weighted by Gasteiger charge is -2.08. The molecule has 0 saturated carbocycles. The highest BCUT2D eigenvalue weighted by Crippen LogP contribution is 2.13. The Morgan fingerprint density at radius 2 is 2.00 bits per heavy atom. The predicted molar refractivity (Wildman–Crippen MR) is 76.3 cm³/mol. The number of hydrogen-bond acceptors (Lipinski definition) is 3. The van der Waals surface area contributed by atoms with Crippen molar-refractivity contribution in [3.05, 3.63) is 65.0 Å². The second kappa shape index (κ2) is 6.04. The normalized spacial score (nSPS) is 11.1. The molecule has 4 nitrogen and oxygen atoms in total. The molecular formula is C15H13FN2O2S. The minimum absolute atomic E-state index is 0.136. The summed E-state index contributed by atoms with van der Waals surface area (Å²) < 4.78 is 40.3. The summed E-state index contributed by atoms with van der Waals surface area (Å²) >= 11 is 0. The van der Waals surface area contributed by atoms with Crippen LogP contribution in [0.1, 0.15) is 16.7 Å². The van der Waals surface area contributed by atoms with Gasteiger partial charge in [-0.05, 0) is 36.8 Å². The van der Waals surface area contributed by atoms with E-state index in [1.165, 1.54) is 24.3 Å². The van der Waals surface area contributed by atoms with Crippen LogP contribution in [-0.4, -0.2) is 8.42 Å². The molecule has 6 heteroatoms. The molecule has 0 saturated heterocycles. The Morgan fingerprint density at radius 3 is 2.62 bits per heavy atom. The molecule has 0 atom stereocenters. The highest BCUT2D eigenvalue weighted by molar-refractivity contribution is 7.89. The summed E-state index contributed by atoms with van der Waals surface area (Å²) in [6.07, 6.45) is 0. The number of sulfonamides is 1. The van der Waals surface area contributed by atoms with Crippen molar-refractivity contribution in [2.75, 3.05) is 0 Å². The van der Waals surface area contributed by atoms with E-state index in [-0.39, 0.29) is 22.6 Å². The molecule has 2 aromatic rings. The maximum atomic E-state index is 13.7. The maximum absolute atomic E-state index is 13.7. The molecule has 0 radical (unpaired) electrons. The van der Waals surface area contributed by atoms with Crippen LogP contribution in [0.3, 0.4) is 0 Å². The predicted octanol–water partition coefficient (Wildman–Crippen LogP) is 2.48. The zero-order valence-corrected chi connectivity index (χ0v) is 12.1. The minimum atomic E-state index is -3.70. The Labute approximate surface area is 122 Å². The van der Waals surface area contributed by atoms with Gasteiger partial charge >= 0.3 is 0 Å². The zero-order chi connectivity index (χ0) is 15.5. The third kappa shape index (κ3) is 3.66. The van der Waals surface area contributed by atoms with Crippen molar-refractivity contribution in [2.24, 2.45) is 0 Å². The second-order valence-corrected chi connectivity index (χ2v) is 6.33. The van der Waals surface area contributed by atoms with Crippen molar-refractivity contribution >= 4 is 10.0 Å². The molecule has 0 aliphatic carbocycles. The number of nitriles is 1. The van der Waals surface area contributed by atoms with Gasteiger partial charge in [-0.2, -0.15) is 5.26 Å². The molecule has 2 aromatic carbocycles. The van der Waals surface area contributed by atoms with Gasteiger partial charge in [0, 0.05) is 12.1 Å². The van der Waals surface area contributed by atoms with Crippen LogP contribution in [0.2, 0.25) is 0 Å². The van der Waals surface area contributed by atoms with Gasteiger partial charge in [-0.25, -0.2) is 17.5 Å². The van der Waals surface area contributed by atoms with E-state index in [4.69, 9.17) is 5.26 Å². The maximum Gasteiger partial charge on any atom is 0.240 e. The van der Waals surface area contributed by atoms with Crippen LogP contribution in [-0.2, 0) is 16.6 Å². The summed E-state index contributed by atoms with van der Waals surface area (Å²) in [5, 5.41) is 8.66. The standard InChI is InChI=1S/C15H13FN2O2S/c1-11-3-2-4-14(7-11)21(19,20)18-10-13-6-5-12(9-17)8-15(13)16/h2-8,18H,10H2,1H3. The van der Waals surface area contributed by atoms with Crippen molar-refractivity contribution < 1.29 is 12.8 Å². The first kappa shape index (κ1) is 15.2.